The summed E-state index contributed by atoms with van der Waals surface area (Å²) in [5.41, 5.74) is 0.911. The quantitative estimate of drug-likeness (QED) is 0.777. The highest BCUT2D eigenvalue weighted by Gasteiger charge is 2.16. The van der Waals surface area contributed by atoms with Gasteiger partial charge in [-0.3, -0.25) is 0 Å². The van der Waals surface area contributed by atoms with Crippen molar-refractivity contribution in [2.45, 2.75) is 26.2 Å². The standard InChI is InChI=1S/C16H18O4/c1-16(2,3)10-4-6-14(12(18)8-10)20-15-7-5-11(17)9-13(15)19/h4-9,17-19H,1-3H3. The molecule has 0 radical (unpaired) electrons. The molecule has 0 unspecified atom stereocenters. The molecule has 106 valence electrons. The number of phenols is 3. The molecule has 2 rings (SSSR count). The summed E-state index contributed by atoms with van der Waals surface area (Å²) >= 11 is 0. The molecule has 4 nitrogen and oxygen atoms in total. The van der Waals surface area contributed by atoms with Crippen molar-refractivity contribution in [2.24, 2.45) is 0 Å². The minimum Gasteiger partial charge on any atom is -0.508 e. The highest BCUT2D eigenvalue weighted by Crippen LogP contribution is 2.38. The molecule has 0 aromatic heterocycles. The van der Waals surface area contributed by atoms with Crippen LogP contribution in [-0.2, 0) is 5.41 Å². The summed E-state index contributed by atoms with van der Waals surface area (Å²) in [6, 6.07) is 9.18. The van der Waals surface area contributed by atoms with Crippen LogP contribution in [-0.4, -0.2) is 15.3 Å². The van der Waals surface area contributed by atoms with Crippen LogP contribution in [0.3, 0.4) is 0 Å². The summed E-state index contributed by atoms with van der Waals surface area (Å²) in [6.45, 7) is 6.15. The van der Waals surface area contributed by atoms with Gasteiger partial charge in [0.2, 0.25) is 0 Å². The summed E-state index contributed by atoms with van der Waals surface area (Å²) < 4.78 is 5.45. The van der Waals surface area contributed by atoms with Crippen molar-refractivity contribution in [3.05, 3.63) is 42.0 Å². The van der Waals surface area contributed by atoms with Crippen molar-refractivity contribution in [1.82, 2.24) is 0 Å². The monoisotopic (exact) mass is 274 g/mol. The van der Waals surface area contributed by atoms with Gasteiger partial charge in [-0.25, -0.2) is 0 Å². The zero-order chi connectivity index (χ0) is 14.9. The maximum absolute atomic E-state index is 10.0. The van der Waals surface area contributed by atoms with Crippen LogP contribution >= 0.6 is 0 Å². The predicted octanol–water partition coefficient (Wildman–Crippen LogP) is 3.89. The third kappa shape index (κ3) is 2.96. The molecular formula is C16H18O4. The van der Waals surface area contributed by atoms with E-state index in [9.17, 15) is 15.3 Å². The fourth-order valence-electron chi connectivity index (χ4n) is 1.78. The molecule has 0 atom stereocenters. The fourth-order valence-corrected chi connectivity index (χ4v) is 1.78. The first-order valence-corrected chi connectivity index (χ1v) is 6.31. The second-order valence-corrected chi connectivity index (χ2v) is 5.69. The van der Waals surface area contributed by atoms with Crippen molar-refractivity contribution in [1.29, 1.82) is 0 Å². The third-order valence-electron chi connectivity index (χ3n) is 2.99. The van der Waals surface area contributed by atoms with Crippen LogP contribution in [0.5, 0.6) is 28.7 Å². The Kier molecular flexibility index (Phi) is 3.49. The summed E-state index contributed by atoms with van der Waals surface area (Å²) in [7, 11) is 0. The Morgan fingerprint density at radius 3 is 1.85 bits per heavy atom. The number of benzene rings is 2. The van der Waals surface area contributed by atoms with Crippen LogP contribution in [0, 0.1) is 0 Å². The van der Waals surface area contributed by atoms with Crippen molar-refractivity contribution in [2.75, 3.05) is 0 Å². The zero-order valence-electron chi connectivity index (χ0n) is 11.7. The number of hydrogen-bond donors (Lipinski definition) is 3. The molecule has 4 heteroatoms. The maximum atomic E-state index is 10.0. The van der Waals surface area contributed by atoms with Gasteiger partial charge >= 0.3 is 0 Å². The molecule has 0 saturated carbocycles. The van der Waals surface area contributed by atoms with E-state index in [1.807, 2.05) is 26.8 Å². The molecule has 0 heterocycles. The molecular weight excluding hydrogens is 256 g/mol. The van der Waals surface area contributed by atoms with Gasteiger partial charge in [-0.05, 0) is 35.2 Å². The lowest BCUT2D eigenvalue weighted by Gasteiger charge is -2.20. The van der Waals surface area contributed by atoms with Crippen LogP contribution in [0.2, 0.25) is 0 Å². The Labute approximate surface area is 117 Å². The average Bonchev–Trinajstić information content (AvgIpc) is 2.33. The maximum Gasteiger partial charge on any atom is 0.169 e. The number of phenolic OH excluding ortho intramolecular Hbond substituents is 3. The van der Waals surface area contributed by atoms with E-state index in [1.165, 1.54) is 18.2 Å². The summed E-state index contributed by atoms with van der Waals surface area (Å²) in [4.78, 5) is 0. The molecule has 0 amide bonds. The molecule has 0 fully saturated rings. The van der Waals surface area contributed by atoms with E-state index in [-0.39, 0.29) is 34.2 Å². The van der Waals surface area contributed by atoms with E-state index in [4.69, 9.17) is 4.74 Å². The number of hydrogen-bond acceptors (Lipinski definition) is 4. The van der Waals surface area contributed by atoms with Crippen molar-refractivity contribution >= 4 is 0 Å². The Morgan fingerprint density at radius 2 is 1.35 bits per heavy atom. The number of aromatic hydroxyl groups is 3. The molecule has 0 spiro atoms. The number of ether oxygens (including phenoxy) is 1. The zero-order valence-corrected chi connectivity index (χ0v) is 11.7. The first-order valence-electron chi connectivity index (χ1n) is 6.31. The average molecular weight is 274 g/mol. The molecule has 0 aliphatic rings. The van der Waals surface area contributed by atoms with Crippen LogP contribution in [0.15, 0.2) is 36.4 Å². The Hall–Kier alpha value is -2.36. The molecule has 0 aliphatic carbocycles. The molecule has 2 aromatic rings. The minimum absolute atomic E-state index is 0.00454. The van der Waals surface area contributed by atoms with Crippen molar-refractivity contribution in [3.63, 3.8) is 0 Å². The van der Waals surface area contributed by atoms with Gasteiger partial charge in [-0.1, -0.05) is 26.8 Å². The van der Waals surface area contributed by atoms with Gasteiger partial charge in [0.05, 0.1) is 0 Å². The second kappa shape index (κ2) is 4.96. The van der Waals surface area contributed by atoms with Crippen LogP contribution < -0.4 is 4.74 Å². The van der Waals surface area contributed by atoms with Gasteiger partial charge in [0.25, 0.3) is 0 Å². The van der Waals surface area contributed by atoms with Crippen molar-refractivity contribution in [3.8, 4) is 28.7 Å². The van der Waals surface area contributed by atoms with Gasteiger partial charge in [0.15, 0.2) is 23.0 Å². The summed E-state index contributed by atoms with van der Waals surface area (Å²) in [5.74, 6) is 0.178. The molecule has 0 aliphatic heterocycles. The fraction of sp³-hybridized carbons (Fsp3) is 0.250. The largest absolute Gasteiger partial charge is 0.508 e. The van der Waals surface area contributed by atoms with E-state index in [0.29, 0.717) is 0 Å². The summed E-state index contributed by atoms with van der Waals surface area (Å²) in [6.07, 6.45) is 0. The second-order valence-electron chi connectivity index (χ2n) is 5.69. The van der Waals surface area contributed by atoms with Crippen LogP contribution in [0.25, 0.3) is 0 Å². The molecule has 0 saturated heterocycles. The van der Waals surface area contributed by atoms with Crippen LogP contribution in [0.4, 0.5) is 0 Å². The highest BCUT2D eigenvalue weighted by atomic mass is 16.5. The van der Waals surface area contributed by atoms with Gasteiger partial charge in [-0.15, -0.1) is 0 Å². The van der Waals surface area contributed by atoms with Crippen molar-refractivity contribution < 1.29 is 20.1 Å². The highest BCUT2D eigenvalue weighted by molar-refractivity contribution is 5.50. The first-order chi connectivity index (χ1) is 9.27. The van der Waals surface area contributed by atoms with Gasteiger partial charge in [0, 0.05) is 6.07 Å². The van der Waals surface area contributed by atoms with Gasteiger partial charge < -0.3 is 20.1 Å². The predicted molar refractivity (Wildman–Crippen MR) is 76.7 cm³/mol. The number of rotatable bonds is 2. The van der Waals surface area contributed by atoms with Crippen LogP contribution in [0.1, 0.15) is 26.3 Å². The lowest BCUT2D eigenvalue weighted by Crippen LogP contribution is -2.10. The van der Waals surface area contributed by atoms with E-state index in [0.717, 1.165) is 5.56 Å². The van der Waals surface area contributed by atoms with E-state index in [1.54, 1.807) is 12.1 Å². The van der Waals surface area contributed by atoms with E-state index >= 15 is 0 Å². The summed E-state index contributed by atoms with van der Waals surface area (Å²) in [5, 5.41) is 28.9. The molecule has 2 aromatic carbocycles. The first kappa shape index (κ1) is 14.1. The van der Waals surface area contributed by atoms with Gasteiger partial charge in [0.1, 0.15) is 5.75 Å². The Morgan fingerprint density at radius 1 is 0.800 bits per heavy atom. The SMILES string of the molecule is CC(C)(C)c1ccc(Oc2ccc(O)cc2O)c(O)c1. The Bertz CT molecular complexity index is 627. The topological polar surface area (TPSA) is 69.9 Å². The Balaban J connectivity index is 2.30. The molecule has 0 bridgehead atoms. The van der Waals surface area contributed by atoms with E-state index < -0.39 is 0 Å². The molecule has 3 N–H and O–H groups in total. The lowest BCUT2D eigenvalue weighted by atomic mass is 9.87. The minimum atomic E-state index is -0.190. The van der Waals surface area contributed by atoms with E-state index in [2.05, 4.69) is 0 Å². The lowest BCUT2D eigenvalue weighted by molar-refractivity contribution is 0.380. The van der Waals surface area contributed by atoms with Gasteiger partial charge in [-0.2, -0.15) is 0 Å². The third-order valence-corrected chi connectivity index (χ3v) is 2.99. The smallest absolute Gasteiger partial charge is 0.169 e. The molecule has 20 heavy (non-hydrogen) atoms. The normalized spacial score (nSPS) is 11.3.